The van der Waals surface area contributed by atoms with Crippen LogP contribution in [0.2, 0.25) is 0 Å². The van der Waals surface area contributed by atoms with Crippen molar-refractivity contribution >= 4 is 11.9 Å². The summed E-state index contributed by atoms with van der Waals surface area (Å²) >= 11 is 0. The minimum Gasteiger partial charge on any atom is -0.550 e. The number of carboxylic acids is 1. The molecule has 7 nitrogen and oxygen atoms in total. The number of carbonyl (C=O) groups is 2. The Morgan fingerprint density at radius 3 is 2.23 bits per heavy atom. The molecule has 3 aromatic rings. The predicted octanol–water partition coefficient (Wildman–Crippen LogP) is 1.56. The van der Waals surface area contributed by atoms with E-state index in [4.69, 9.17) is 14.2 Å². The fourth-order valence-corrected chi connectivity index (χ4v) is 4.24. The van der Waals surface area contributed by atoms with Crippen molar-refractivity contribution in [3.8, 4) is 16.9 Å². The molecule has 0 spiro atoms. The number of ether oxygens (including phenoxy) is 3. The standard InChI is InChI=1S/C31H37NO6.Na/c1-4-5-7-26(30(34)35)20-22-10-16-28(17-11-22)38-19-18-32-29(33)24-14-12-23(13-15-24)25-8-6-9-27(21-25)31(36-2)37-3;/h6,8-17,21,26,31H,4-5,7,18-20H2,1-3H3,(H,32,33)(H,34,35);/q;+1/p-1. The number of unbranched alkanes of at least 4 members (excludes halogenated alkanes) is 1. The first-order valence-corrected chi connectivity index (χ1v) is 12.9. The van der Waals surface area contributed by atoms with Gasteiger partial charge in [-0.3, -0.25) is 4.79 Å². The third-order valence-corrected chi connectivity index (χ3v) is 6.37. The molecule has 0 heterocycles. The van der Waals surface area contributed by atoms with Crippen molar-refractivity contribution < 1.29 is 58.5 Å². The summed E-state index contributed by atoms with van der Waals surface area (Å²) in [5.41, 5.74) is 4.40. The van der Waals surface area contributed by atoms with Gasteiger partial charge >= 0.3 is 29.6 Å². The average Bonchev–Trinajstić information content (AvgIpc) is 2.95. The first-order valence-electron chi connectivity index (χ1n) is 12.9. The number of amides is 1. The van der Waals surface area contributed by atoms with E-state index in [1.54, 1.807) is 26.4 Å². The molecule has 0 saturated carbocycles. The molecule has 0 radical (unpaired) electrons. The predicted molar refractivity (Wildman–Crippen MR) is 145 cm³/mol. The van der Waals surface area contributed by atoms with Gasteiger partial charge in [0.25, 0.3) is 5.91 Å². The first-order chi connectivity index (χ1) is 18.4. The molecule has 8 heteroatoms. The largest absolute Gasteiger partial charge is 1.00 e. The Morgan fingerprint density at radius 2 is 1.62 bits per heavy atom. The number of aliphatic carboxylic acids is 1. The van der Waals surface area contributed by atoms with Gasteiger partial charge in [0.15, 0.2) is 6.29 Å². The zero-order chi connectivity index (χ0) is 27.3. The maximum atomic E-state index is 12.5. The summed E-state index contributed by atoms with van der Waals surface area (Å²) in [4.78, 5) is 23.9. The molecule has 1 amide bonds. The Bertz CT molecular complexity index is 1160. The van der Waals surface area contributed by atoms with Crippen molar-refractivity contribution in [1.29, 1.82) is 0 Å². The molecule has 0 saturated heterocycles. The van der Waals surface area contributed by atoms with Crippen LogP contribution in [0.15, 0.2) is 72.8 Å². The number of carbonyl (C=O) groups excluding carboxylic acids is 2. The van der Waals surface area contributed by atoms with Crippen molar-refractivity contribution in [2.24, 2.45) is 5.92 Å². The van der Waals surface area contributed by atoms with Gasteiger partial charge in [-0.05, 0) is 59.9 Å². The van der Waals surface area contributed by atoms with E-state index in [9.17, 15) is 14.7 Å². The van der Waals surface area contributed by atoms with E-state index in [0.717, 1.165) is 35.1 Å². The van der Waals surface area contributed by atoms with Crippen molar-refractivity contribution in [2.75, 3.05) is 27.4 Å². The van der Waals surface area contributed by atoms with Crippen LogP contribution in [0, 0.1) is 5.92 Å². The molecule has 202 valence electrons. The minimum absolute atomic E-state index is 0. The maximum absolute atomic E-state index is 12.5. The van der Waals surface area contributed by atoms with Crippen molar-refractivity contribution in [3.05, 3.63) is 89.5 Å². The van der Waals surface area contributed by atoms with Crippen LogP contribution in [-0.2, 0) is 20.7 Å². The van der Waals surface area contributed by atoms with E-state index in [-0.39, 0.29) is 35.5 Å². The van der Waals surface area contributed by atoms with Gasteiger partial charge < -0.3 is 29.4 Å². The van der Waals surface area contributed by atoms with Crippen LogP contribution in [0.1, 0.15) is 54.0 Å². The number of nitrogens with one attached hydrogen (secondary N) is 1. The molecule has 0 aliphatic rings. The molecule has 1 unspecified atom stereocenters. The van der Waals surface area contributed by atoms with Gasteiger partial charge in [-0.2, -0.15) is 0 Å². The van der Waals surface area contributed by atoms with Crippen molar-refractivity contribution in [3.63, 3.8) is 0 Å². The number of rotatable bonds is 15. The molecule has 3 aromatic carbocycles. The molecular weight excluding hydrogens is 505 g/mol. The topological polar surface area (TPSA) is 96.9 Å². The third-order valence-electron chi connectivity index (χ3n) is 6.37. The first kappa shape index (κ1) is 32.5. The van der Waals surface area contributed by atoms with E-state index in [1.165, 1.54) is 0 Å². The van der Waals surface area contributed by atoms with Crippen LogP contribution >= 0.6 is 0 Å². The number of methoxy groups -OCH3 is 2. The molecule has 0 bridgehead atoms. The number of hydrogen-bond acceptors (Lipinski definition) is 6. The van der Waals surface area contributed by atoms with Crippen LogP contribution in [0.4, 0.5) is 0 Å². The minimum atomic E-state index is -0.999. The maximum Gasteiger partial charge on any atom is 1.00 e. The quantitative estimate of drug-likeness (QED) is 0.178. The molecule has 0 fully saturated rings. The number of benzene rings is 3. The molecule has 39 heavy (non-hydrogen) atoms. The third kappa shape index (κ3) is 10.1. The van der Waals surface area contributed by atoms with Gasteiger partial charge in [0.1, 0.15) is 12.4 Å². The Hall–Kier alpha value is -2.68. The average molecular weight is 542 g/mol. The van der Waals surface area contributed by atoms with E-state index >= 15 is 0 Å². The van der Waals surface area contributed by atoms with Crippen molar-refractivity contribution in [1.82, 2.24) is 5.32 Å². The van der Waals surface area contributed by atoms with Crippen LogP contribution in [0.3, 0.4) is 0 Å². The summed E-state index contributed by atoms with van der Waals surface area (Å²) < 4.78 is 16.4. The fourth-order valence-electron chi connectivity index (χ4n) is 4.24. The zero-order valence-corrected chi connectivity index (χ0v) is 25.3. The van der Waals surface area contributed by atoms with Gasteiger partial charge in [-0.1, -0.05) is 62.2 Å². The van der Waals surface area contributed by atoms with Crippen LogP contribution in [0.25, 0.3) is 11.1 Å². The Morgan fingerprint density at radius 1 is 0.923 bits per heavy atom. The van der Waals surface area contributed by atoms with Gasteiger partial charge in [0, 0.05) is 37.2 Å². The summed E-state index contributed by atoms with van der Waals surface area (Å²) in [6.07, 6.45) is 2.46. The van der Waals surface area contributed by atoms with Crippen molar-refractivity contribution in [2.45, 2.75) is 38.9 Å². The molecular formula is C31H36NNaO6. The summed E-state index contributed by atoms with van der Waals surface area (Å²) in [6, 6.07) is 22.7. The van der Waals surface area contributed by atoms with E-state index in [0.29, 0.717) is 37.3 Å². The van der Waals surface area contributed by atoms with Gasteiger partial charge in [0.2, 0.25) is 0 Å². The second-order valence-electron chi connectivity index (χ2n) is 9.12. The molecule has 1 atom stereocenters. The van der Waals surface area contributed by atoms with Crippen LogP contribution in [-0.4, -0.2) is 39.2 Å². The smallest absolute Gasteiger partial charge is 0.550 e. The summed E-state index contributed by atoms with van der Waals surface area (Å²) in [5.74, 6) is -0.990. The normalized spacial score (nSPS) is 11.5. The molecule has 0 aliphatic carbocycles. The number of hydrogen-bond donors (Lipinski definition) is 1. The Balaban J connectivity index is 0.00000533. The SMILES string of the molecule is CCCCC(Cc1ccc(OCCNC(=O)c2ccc(-c3cccc(C(OC)OC)c3)cc2)cc1)C(=O)[O-].[Na+]. The fraction of sp³-hybridized carbons (Fsp3) is 0.355. The van der Waals surface area contributed by atoms with E-state index in [2.05, 4.69) is 5.32 Å². The second-order valence-corrected chi connectivity index (χ2v) is 9.12. The second kappa shape index (κ2) is 17.1. The van der Waals surface area contributed by atoms with Gasteiger partial charge in [0.05, 0.1) is 6.54 Å². The summed E-state index contributed by atoms with van der Waals surface area (Å²) in [6.45, 7) is 2.71. The Kier molecular flexibility index (Phi) is 14.3. The zero-order valence-electron chi connectivity index (χ0n) is 23.3. The van der Waals surface area contributed by atoms with Gasteiger partial charge in [-0.25, -0.2) is 0 Å². The number of carboxylic acid groups (broad SMARTS) is 1. The van der Waals surface area contributed by atoms with E-state index < -0.39 is 18.2 Å². The van der Waals surface area contributed by atoms with Gasteiger partial charge in [-0.15, -0.1) is 0 Å². The molecule has 0 aliphatic heterocycles. The molecule has 0 aromatic heterocycles. The Labute approximate surface area is 253 Å². The molecule has 1 N–H and O–H groups in total. The summed E-state index contributed by atoms with van der Waals surface area (Å²) in [5, 5.41) is 14.2. The van der Waals surface area contributed by atoms with Crippen LogP contribution < -0.4 is 44.7 Å². The molecule has 3 rings (SSSR count). The van der Waals surface area contributed by atoms with E-state index in [1.807, 2.05) is 67.6 Å². The van der Waals surface area contributed by atoms with Crippen LogP contribution in [0.5, 0.6) is 5.75 Å². The monoisotopic (exact) mass is 541 g/mol. The summed E-state index contributed by atoms with van der Waals surface area (Å²) in [7, 11) is 3.20.